The van der Waals surface area contributed by atoms with E-state index in [4.69, 9.17) is 29.1 Å². The van der Waals surface area contributed by atoms with Crippen LogP contribution in [0.4, 0.5) is 0 Å². The molecule has 0 bridgehead atoms. The van der Waals surface area contributed by atoms with E-state index in [0.717, 1.165) is 0 Å². The summed E-state index contributed by atoms with van der Waals surface area (Å²) in [5.74, 6) is 2.47. The van der Waals surface area contributed by atoms with Crippen LogP contribution in [0.25, 0.3) is 5.57 Å². The number of ether oxygens (including phenoxy) is 5. The molecule has 3 aliphatic rings. The van der Waals surface area contributed by atoms with Crippen LogP contribution in [0.2, 0.25) is 0 Å². The lowest BCUT2D eigenvalue weighted by atomic mass is 9.85. The molecule has 0 unspecified atom stereocenters. The molecule has 1 N–H and O–H groups in total. The second kappa shape index (κ2) is 5.26. The maximum atomic E-state index is 12.7. The smallest absolute Gasteiger partial charge is 0.231 e. The minimum Gasteiger partial charge on any atom is -0.496 e. The van der Waals surface area contributed by atoms with Gasteiger partial charge in [0.15, 0.2) is 28.8 Å². The van der Waals surface area contributed by atoms with Crippen molar-refractivity contribution in [3.05, 3.63) is 47.0 Å². The van der Waals surface area contributed by atoms with Crippen LogP contribution in [0.3, 0.4) is 0 Å². The largest absolute Gasteiger partial charge is 0.496 e. The van der Waals surface area contributed by atoms with Crippen LogP contribution in [-0.4, -0.2) is 32.2 Å². The zero-order valence-corrected chi connectivity index (χ0v) is 13.8. The Morgan fingerprint density at radius 3 is 2.00 bits per heavy atom. The third kappa shape index (κ3) is 2.00. The number of carbonyl (C=O) groups excluding carboxylic acids is 1. The van der Waals surface area contributed by atoms with Crippen LogP contribution in [0.5, 0.6) is 28.7 Å². The molecule has 0 spiro atoms. The molecule has 7 heteroatoms. The van der Waals surface area contributed by atoms with E-state index in [0.29, 0.717) is 51.0 Å². The molecular formula is C19H13NO6. The van der Waals surface area contributed by atoms with E-state index in [9.17, 15) is 4.79 Å². The number of allylic oxidation sites excluding steroid dienone is 2. The standard InChI is InChI=1S/C19H13NO6/c1-22-14-6-18-16(24-8-26-18)4-10(14)11-2-13(21)9-3-15-17(25-7-23-15)5-12(9)19(11)20/h2-6,20H,7-8H2,1H3. The number of rotatable bonds is 2. The first-order valence-electron chi connectivity index (χ1n) is 7.92. The van der Waals surface area contributed by atoms with E-state index in [-0.39, 0.29) is 25.1 Å². The van der Waals surface area contributed by atoms with Crippen LogP contribution in [0.15, 0.2) is 30.3 Å². The number of ketones is 1. The molecular weight excluding hydrogens is 338 g/mol. The van der Waals surface area contributed by atoms with Gasteiger partial charge in [-0.05, 0) is 24.3 Å². The normalized spacial score (nSPS) is 16.4. The molecule has 0 atom stereocenters. The van der Waals surface area contributed by atoms with Crippen molar-refractivity contribution in [2.45, 2.75) is 0 Å². The Labute approximate surface area is 148 Å². The summed E-state index contributed by atoms with van der Waals surface area (Å²) < 4.78 is 26.9. The topological polar surface area (TPSA) is 87.1 Å². The lowest BCUT2D eigenvalue weighted by molar-refractivity contribution is 0.104. The van der Waals surface area contributed by atoms with Gasteiger partial charge in [-0.2, -0.15) is 0 Å². The Morgan fingerprint density at radius 2 is 1.38 bits per heavy atom. The Hall–Kier alpha value is -3.48. The molecule has 0 fully saturated rings. The predicted octanol–water partition coefficient (Wildman–Crippen LogP) is 2.80. The van der Waals surface area contributed by atoms with Crippen molar-refractivity contribution in [3.63, 3.8) is 0 Å². The lowest BCUT2D eigenvalue weighted by Crippen LogP contribution is -2.16. The molecule has 2 aromatic carbocycles. The minimum absolute atomic E-state index is 0.107. The fraction of sp³-hybridized carbons (Fsp3) is 0.158. The van der Waals surface area contributed by atoms with Gasteiger partial charge in [-0.3, -0.25) is 10.2 Å². The number of nitrogens with one attached hydrogen (secondary N) is 1. The molecule has 1 aliphatic carbocycles. The van der Waals surface area contributed by atoms with Gasteiger partial charge in [0, 0.05) is 28.3 Å². The van der Waals surface area contributed by atoms with E-state index in [2.05, 4.69) is 0 Å². The molecule has 0 amide bonds. The summed E-state index contributed by atoms with van der Waals surface area (Å²) in [6, 6.07) is 6.72. The quantitative estimate of drug-likeness (QED) is 0.895. The van der Waals surface area contributed by atoms with E-state index >= 15 is 0 Å². The summed E-state index contributed by atoms with van der Waals surface area (Å²) in [6.07, 6.45) is 1.44. The zero-order valence-electron chi connectivity index (χ0n) is 13.8. The molecule has 0 radical (unpaired) electrons. The molecule has 2 aromatic rings. The van der Waals surface area contributed by atoms with Crippen molar-refractivity contribution < 1.29 is 28.5 Å². The SMILES string of the molecule is COc1cc2c(cc1C1=CC(=O)c3cc4c(cc3C1=N)OCO4)OCO2. The number of hydrogen-bond donors (Lipinski definition) is 1. The number of fused-ring (bicyclic) bond motifs is 3. The summed E-state index contributed by atoms with van der Waals surface area (Å²) >= 11 is 0. The summed E-state index contributed by atoms with van der Waals surface area (Å²) in [6.45, 7) is 0.236. The van der Waals surface area contributed by atoms with Gasteiger partial charge in [0.2, 0.25) is 13.6 Å². The third-order valence-corrected chi connectivity index (χ3v) is 4.58. The van der Waals surface area contributed by atoms with Gasteiger partial charge >= 0.3 is 0 Å². The first kappa shape index (κ1) is 14.8. The molecule has 5 rings (SSSR count). The first-order valence-corrected chi connectivity index (χ1v) is 7.92. The van der Waals surface area contributed by atoms with E-state index < -0.39 is 0 Å². The average Bonchev–Trinajstić information content (AvgIpc) is 3.30. The van der Waals surface area contributed by atoms with Crippen molar-refractivity contribution in [1.29, 1.82) is 5.41 Å². The maximum Gasteiger partial charge on any atom is 0.231 e. The van der Waals surface area contributed by atoms with Crippen molar-refractivity contribution in [2.24, 2.45) is 0 Å². The highest BCUT2D eigenvalue weighted by molar-refractivity contribution is 6.40. The van der Waals surface area contributed by atoms with Gasteiger partial charge in [-0.25, -0.2) is 0 Å². The summed E-state index contributed by atoms with van der Waals surface area (Å²) in [4.78, 5) is 12.7. The van der Waals surface area contributed by atoms with Crippen molar-refractivity contribution in [2.75, 3.05) is 20.7 Å². The molecule has 0 saturated heterocycles. The third-order valence-electron chi connectivity index (χ3n) is 4.58. The molecule has 7 nitrogen and oxygen atoms in total. The van der Waals surface area contributed by atoms with Gasteiger partial charge in [0.05, 0.1) is 12.8 Å². The highest BCUT2D eigenvalue weighted by atomic mass is 16.7. The van der Waals surface area contributed by atoms with Crippen LogP contribution >= 0.6 is 0 Å². The fourth-order valence-corrected chi connectivity index (χ4v) is 3.29. The van der Waals surface area contributed by atoms with Gasteiger partial charge in [0.25, 0.3) is 0 Å². The highest BCUT2D eigenvalue weighted by Crippen LogP contribution is 2.44. The molecule has 0 aromatic heterocycles. The molecule has 2 heterocycles. The summed E-state index contributed by atoms with van der Waals surface area (Å²) in [5.41, 5.74) is 2.17. The van der Waals surface area contributed by atoms with Crippen molar-refractivity contribution in [3.8, 4) is 28.7 Å². The molecule has 26 heavy (non-hydrogen) atoms. The number of benzene rings is 2. The number of methoxy groups -OCH3 is 1. The summed E-state index contributed by atoms with van der Waals surface area (Å²) in [5, 5.41) is 8.64. The summed E-state index contributed by atoms with van der Waals surface area (Å²) in [7, 11) is 1.53. The van der Waals surface area contributed by atoms with Crippen molar-refractivity contribution in [1.82, 2.24) is 0 Å². The molecule has 2 aliphatic heterocycles. The Balaban J connectivity index is 1.66. The van der Waals surface area contributed by atoms with Gasteiger partial charge in [-0.15, -0.1) is 0 Å². The molecule has 0 saturated carbocycles. The maximum absolute atomic E-state index is 12.7. The Morgan fingerprint density at radius 1 is 0.846 bits per heavy atom. The number of hydrogen-bond acceptors (Lipinski definition) is 7. The van der Waals surface area contributed by atoms with E-state index in [1.54, 1.807) is 24.3 Å². The zero-order chi connectivity index (χ0) is 17.8. The fourth-order valence-electron chi connectivity index (χ4n) is 3.29. The van der Waals surface area contributed by atoms with Gasteiger partial charge in [0.1, 0.15) is 5.75 Å². The first-order chi connectivity index (χ1) is 12.7. The van der Waals surface area contributed by atoms with Gasteiger partial charge < -0.3 is 23.7 Å². The second-order valence-corrected chi connectivity index (χ2v) is 5.95. The average molecular weight is 351 g/mol. The predicted molar refractivity (Wildman–Crippen MR) is 90.8 cm³/mol. The van der Waals surface area contributed by atoms with Crippen LogP contribution in [0, 0.1) is 5.41 Å². The lowest BCUT2D eigenvalue weighted by Gasteiger charge is -2.20. The Bertz CT molecular complexity index is 1020. The van der Waals surface area contributed by atoms with Gasteiger partial charge in [-0.1, -0.05) is 0 Å². The van der Waals surface area contributed by atoms with Crippen LogP contribution in [0.1, 0.15) is 21.5 Å². The number of carbonyl (C=O) groups is 1. The second-order valence-electron chi connectivity index (χ2n) is 5.95. The van der Waals surface area contributed by atoms with E-state index in [1.165, 1.54) is 13.2 Å². The Kier molecular flexibility index (Phi) is 3.00. The van der Waals surface area contributed by atoms with Crippen LogP contribution in [-0.2, 0) is 0 Å². The minimum atomic E-state index is -0.205. The van der Waals surface area contributed by atoms with Crippen molar-refractivity contribution >= 4 is 17.1 Å². The monoisotopic (exact) mass is 351 g/mol. The molecule has 130 valence electrons. The highest BCUT2D eigenvalue weighted by Gasteiger charge is 2.30. The van der Waals surface area contributed by atoms with E-state index in [1.807, 2.05) is 0 Å². The van der Waals surface area contributed by atoms with Crippen LogP contribution < -0.4 is 23.7 Å².